The average Bonchev–Trinajstić information content (AvgIpc) is 2.47. The molecule has 0 heterocycles. The van der Waals surface area contributed by atoms with Gasteiger partial charge in [-0.3, -0.25) is 4.90 Å². The average molecular weight is 305 g/mol. The second-order valence-corrected chi connectivity index (χ2v) is 5.79. The van der Waals surface area contributed by atoms with Gasteiger partial charge in [-0.2, -0.15) is 0 Å². The number of likely N-dealkylation sites (N-methyl/N-ethyl adjacent to an activating group) is 1. The van der Waals surface area contributed by atoms with Crippen molar-refractivity contribution in [2.45, 2.75) is 19.1 Å². The van der Waals surface area contributed by atoms with Crippen LogP contribution in [0.3, 0.4) is 0 Å². The van der Waals surface area contributed by atoms with Crippen LogP contribution in [-0.2, 0) is 0 Å². The van der Waals surface area contributed by atoms with Gasteiger partial charge in [-0.1, -0.05) is 35.9 Å². The van der Waals surface area contributed by atoms with Gasteiger partial charge in [0.2, 0.25) is 0 Å². The fourth-order valence-corrected chi connectivity index (χ4v) is 2.47. The Morgan fingerprint density at radius 2 is 1.81 bits per heavy atom. The number of halogens is 1. The number of benzene rings is 2. The van der Waals surface area contributed by atoms with E-state index in [2.05, 4.69) is 11.8 Å². The molecule has 2 aromatic rings. The van der Waals surface area contributed by atoms with Crippen molar-refractivity contribution in [1.29, 1.82) is 0 Å². The summed E-state index contributed by atoms with van der Waals surface area (Å²) in [7, 11) is 1.99. The lowest BCUT2D eigenvalue weighted by atomic mass is 10.0. The van der Waals surface area contributed by atoms with Gasteiger partial charge in [0.05, 0.1) is 6.10 Å². The molecule has 2 rings (SSSR count). The molecule has 0 spiro atoms. The first-order valence-corrected chi connectivity index (χ1v) is 7.34. The maximum Gasteiger partial charge on any atom is 0.0917 e. The summed E-state index contributed by atoms with van der Waals surface area (Å²) in [5.74, 6) is 0. The number of rotatable bonds is 5. The summed E-state index contributed by atoms with van der Waals surface area (Å²) in [5.41, 5.74) is 8.37. The number of nitrogens with zero attached hydrogens (tertiary/aromatic N) is 1. The van der Waals surface area contributed by atoms with E-state index >= 15 is 0 Å². The van der Waals surface area contributed by atoms with E-state index in [-0.39, 0.29) is 6.04 Å². The van der Waals surface area contributed by atoms with E-state index in [1.807, 2.05) is 43.4 Å². The minimum Gasteiger partial charge on any atom is -0.399 e. The van der Waals surface area contributed by atoms with E-state index in [9.17, 15) is 5.11 Å². The molecule has 21 heavy (non-hydrogen) atoms. The van der Waals surface area contributed by atoms with Gasteiger partial charge >= 0.3 is 0 Å². The van der Waals surface area contributed by atoms with Gasteiger partial charge < -0.3 is 10.8 Å². The fraction of sp³-hybridized carbons (Fsp3) is 0.294. The van der Waals surface area contributed by atoms with Crippen molar-refractivity contribution in [3.8, 4) is 0 Å². The lowest BCUT2D eigenvalue weighted by Crippen LogP contribution is -2.27. The smallest absolute Gasteiger partial charge is 0.0917 e. The normalized spacial score (nSPS) is 14.1. The van der Waals surface area contributed by atoms with Gasteiger partial charge in [-0.05, 0) is 49.4 Å². The van der Waals surface area contributed by atoms with Crippen molar-refractivity contribution in [3.63, 3.8) is 0 Å². The van der Waals surface area contributed by atoms with Gasteiger partial charge in [0, 0.05) is 23.3 Å². The SMILES string of the molecule is CC(c1cccc(Cl)c1)N(C)CC(O)c1ccc(N)cc1. The molecule has 0 aromatic heterocycles. The number of nitrogen functional groups attached to an aromatic ring is 1. The van der Waals surface area contributed by atoms with E-state index < -0.39 is 6.10 Å². The van der Waals surface area contributed by atoms with Crippen molar-refractivity contribution in [1.82, 2.24) is 4.90 Å². The van der Waals surface area contributed by atoms with Crippen molar-refractivity contribution in [2.75, 3.05) is 19.3 Å². The molecule has 112 valence electrons. The predicted octanol–water partition coefficient (Wildman–Crippen LogP) is 3.65. The third kappa shape index (κ3) is 4.21. The summed E-state index contributed by atoms with van der Waals surface area (Å²) in [6.45, 7) is 2.64. The Bertz CT molecular complexity index is 586. The molecular weight excluding hydrogens is 284 g/mol. The monoisotopic (exact) mass is 304 g/mol. The minimum atomic E-state index is -0.544. The maximum absolute atomic E-state index is 10.3. The minimum absolute atomic E-state index is 0.173. The molecule has 0 saturated carbocycles. The first-order chi connectivity index (χ1) is 9.97. The number of anilines is 1. The van der Waals surface area contributed by atoms with Crippen LogP contribution >= 0.6 is 11.6 Å². The summed E-state index contributed by atoms with van der Waals surface area (Å²) in [4.78, 5) is 2.10. The van der Waals surface area contributed by atoms with Gasteiger partial charge in [0.1, 0.15) is 0 Å². The number of aliphatic hydroxyl groups excluding tert-OH is 1. The van der Waals surface area contributed by atoms with E-state index in [1.165, 1.54) is 0 Å². The van der Waals surface area contributed by atoms with Gasteiger partial charge in [0.15, 0.2) is 0 Å². The molecular formula is C17H21ClN2O. The van der Waals surface area contributed by atoms with Crippen LogP contribution < -0.4 is 5.73 Å². The summed E-state index contributed by atoms with van der Waals surface area (Å²) >= 11 is 6.03. The Morgan fingerprint density at radius 1 is 1.14 bits per heavy atom. The standard InChI is InChI=1S/C17H21ClN2O/c1-12(14-4-3-5-15(18)10-14)20(2)11-17(21)13-6-8-16(19)9-7-13/h3-10,12,17,21H,11,19H2,1-2H3. The van der Waals surface area contributed by atoms with Crippen LogP contribution in [0.2, 0.25) is 5.02 Å². The molecule has 0 aliphatic heterocycles. The molecule has 3 nitrogen and oxygen atoms in total. The highest BCUT2D eigenvalue weighted by Crippen LogP contribution is 2.24. The van der Waals surface area contributed by atoms with E-state index in [4.69, 9.17) is 17.3 Å². The van der Waals surface area contributed by atoms with Crippen LogP contribution in [0.25, 0.3) is 0 Å². The molecule has 4 heteroatoms. The quantitative estimate of drug-likeness (QED) is 0.829. The summed E-state index contributed by atoms with van der Waals surface area (Å²) in [6.07, 6.45) is -0.544. The van der Waals surface area contributed by atoms with E-state index in [0.29, 0.717) is 12.2 Å². The maximum atomic E-state index is 10.3. The Hall–Kier alpha value is -1.55. The Labute approximate surface area is 131 Å². The zero-order chi connectivity index (χ0) is 15.4. The molecule has 0 amide bonds. The van der Waals surface area contributed by atoms with Crippen LogP contribution in [0.1, 0.15) is 30.2 Å². The third-order valence-electron chi connectivity index (χ3n) is 3.77. The van der Waals surface area contributed by atoms with Crippen LogP contribution in [0.4, 0.5) is 5.69 Å². The number of aliphatic hydroxyl groups is 1. The summed E-state index contributed by atoms with van der Waals surface area (Å²) < 4.78 is 0. The summed E-state index contributed by atoms with van der Waals surface area (Å²) in [6, 6.07) is 15.3. The van der Waals surface area contributed by atoms with Gasteiger partial charge in [0.25, 0.3) is 0 Å². The van der Waals surface area contributed by atoms with E-state index in [0.717, 1.165) is 16.1 Å². The Balaban J connectivity index is 2.03. The molecule has 0 fully saturated rings. The highest BCUT2D eigenvalue weighted by Gasteiger charge is 2.16. The van der Waals surface area contributed by atoms with Crippen molar-refractivity contribution < 1.29 is 5.11 Å². The molecule has 0 aliphatic rings. The van der Waals surface area contributed by atoms with Crippen molar-refractivity contribution in [3.05, 3.63) is 64.7 Å². The molecule has 2 aromatic carbocycles. The summed E-state index contributed by atoms with van der Waals surface area (Å²) in [5, 5.41) is 11.1. The molecule has 2 atom stereocenters. The number of nitrogens with two attached hydrogens (primary N) is 1. The van der Waals surface area contributed by atoms with Crippen LogP contribution in [-0.4, -0.2) is 23.6 Å². The highest BCUT2D eigenvalue weighted by atomic mass is 35.5. The third-order valence-corrected chi connectivity index (χ3v) is 4.01. The van der Waals surface area contributed by atoms with Crippen LogP contribution in [0.15, 0.2) is 48.5 Å². The van der Waals surface area contributed by atoms with Crippen molar-refractivity contribution in [2.24, 2.45) is 0 Å². The molecule has 0 aliphatic carbocycles. The Kier molecular flexibility index (Phi) is 5.23. The van der Waals surface area contributed by atoms with E-state index in [1.54, 1.807) is 12.1 Å². The first-order valence-electron chi connectivity index (χ1n) is 6.96. The molecule has 0 bridgehead atoms. The number of hydrogen-bond acceptors (Lipinski definition) is 3. The first kappa shape index (κ1) is 15.8. The topological polar surface area (TPSA) is 49.5 Å². The molecule has 3 N–H and O–H groups in total. The van der Waals surface area contributed by atoms with Crippen LogP contribution in [0, 0.1) is 0 Å². The fourth-order valence-electron chi connectivity index (χ4n) is 2.28. The number of hydrogen-bond donors (Lipinski definition) is 2. The lowest BCUT2D eigenvalue weighted by Gasteiger charge is -2.27. The van der Waals surface area contributed by atoms with Crippen LogP contribution in [0.5, 0.6) is 0 Å². The second kappa shape index (κ2) is 6.94. The molecule has 0 saturated heterocycles. The molecule has 2 unspecified atom stereocenters. The second-order valence-electron chi connectivity index (χ2n) is 5.35. The molecule has 0 radical (unpaired) electrons. The highest BCUT2D eigenvalue weighted by molar-refractivity contribution is 6.30. The van der Waals surface area contributed by atoms with Gasteiger partial charge in [-0.25, -0.2) is 0 Å². The predicted molar refractivity (Wildman–Crippen MR) is 88.3 cm³/mol. The zero-order valence-corrected chi connectivity index (χ0v) is 13.1. The van der Waals surface area contributed by atoms with Gasteiger partial charge in [-0.15, -0.1) is 0 Å². The lowest BCUT2D eigenvalue weighted by molar-refractivity contribution is 0.108. The Morgan fingerprint density at radius 3 is 2.43 bits per heavy atom. The largest absolute Gasteiger partial charge is 0.399 e. The van der Waals surface area contributed by atoms with Crippen molar-refractivity contribution >= 4 is 17.3 Å². The zero-order valence-electron chi connectivity index (χ0n) is 12.3.